The minimum absolute atomic E-state index is 0.135. The zero-order chi connectivity index (χ0) is 8.73. The molecule has 0 radical (unpaired) electrons. The highest BCUT2D eigenvalue weighted by Gasteiger charge is 2.47. The third-order valence-electron chi connectivity index (χ3n) is 3.77. The number of hydrogen-bond donors (Lipinski definition) is 3. The molecule has 1 saturated carbocycles. The summed E-state index contributed by atoms with van der Waals surface area (Å²) in [5.74, 6) is 0.802. The first-order chi connectivity index (χ1) is 6.42. The van der Waals surface area contributed by atoms with E-state index in [1.165, 1.54) is 32.1 Å². The molecule has 3 heteroatoms. The molecule has 3 nitrogen and oxygen atoms in total. The molecule has 72 valence electrons. The Morgan fingerprint density at radius 2 is 2.23 bits per heavy atom. The highest BCUT2D eigenvalue weighted by molar-refractivity contribution is 5.27. The number of hydrogen-bond acceptors (Lipinski definition) is 3. The number of rotatable bonds is 0. The average molecular weight is 179 g/mol. The molecular formula is C10H17N3. The van der Waals surface area contributed by atoms with Crippen molar-refractivity contribution in [3.8, 4) is 0 Å². The topological polar surface area (TPSA) is 36.1 Å². The van der Waals surface area contributed by atoms with Gasteiger partial charge in [0.05, 0.1) is 0 Å². The number of hydrazine groups is 1. The van der Waals surface area contributed by atoms with Gasteiger partial charge in [0.1, 0.15) is 5.66 Å². The maximum atomic E-state index is 3.65. The molecule has 3 N–H and O–H groups in total. The zero-order valence-electron chi connectivity index (χ0n) is 7.90. The lowest BCUT2D eigenvalue weighted by Gasteiger charge is -2.46. The van der Waals surface area contributed by atoms with Crippen LogP contribution in [0.5, 0.6) is 0 Å². The summed E-state index contributed by atoms with van der Waals surface area (Å²) in [7, 11) is 0. The van der Waals surface area contributed by atoms with Crippen molar-refractivity contribution in [3.05, 3.63) is 11.8 Å². The van der Waals surface area contributed by atoms with E-state index in [-0.39, 0.29) is 5.66 Å². The highest BCUT2D eigenvalue weighted by atomic mass is 15.5. The van der Waals surface area contributed by atoms with Crippen LogP contribution in [0.4, 0.5) is 0 Å². The Balaban J connectivity index is 1.95. The molecule has 0 bridgehead atoms. The monoisotopic (exact) mass is 179 g/mol. The van der Waals surface area contributed by atoms with Gasteiger partial charge in [-0.1, -0.05) is 0 Å². The van der Waals surface area contributed by atoms with E-state index in [2.05, 4.69) is 22.4 Å². The Morgan fingerprint density at radius 1 is 1.31 bits per heavy atom. The third kappa shape index (κ3) is 0.973. The van der Waals surface area contributed by atoms with Crippen LogP contribution in [0.3, 0.4) is 0 Å². The highest BCUT2D eigenvalue weighted by Crippen LogP contribution is 2.41. The normalized spacial score (nSPS) is 43.1. The van der Waals surface area contributed by atoms with Gasteiger partial charge in [0.2, 0.25) is 0 Å². The molecule has 3 aliphatic rings. The zero-order valence-corrected chi connectivity index (χ0v) is 7.90. The first-order valence-electron chi connectivity index (χ1n) is 5.39. The second-order valence-electron chi connectivity index (χ2n) is 4.41. The average Bonchev–Trinajstić information content (AvgIpc) is 2.58. The van der Waals surface area contributed by atoms with Crippen molar-refractivity contribution in [2.75, 3.05) is 6.54 Å². The molecule has 0 amide bonds. The molecule has 2 atom stereocenters. The molecule has 3 rings (SSSR count). The second kappa shape index (κ2) is 2.72. The van der Waals surface area contributed by atoms with Crippen molar-refractivity contribution in [2.24, 2.45) is 5.92 Å². The van der Waals surface area contributed by atoms with Gasteiger partial charge in [0.25, 0.3) is 0 Å². The Morgan fingerprint density at radius 3 is 3.23 bits per heavy atom. The van der Waals surface area contributed by atoms with Crippen molar-refractivity contribution in [1.82, 2.24) is 16.2 Å². The Kier molecular flexibility index (Phi) is 1.64. The first kappa shape index (κ1) is 7.83. The van der Waals surface area contributed by atoms with E-state index in [0.717, 1.165) is 12.5 Å². The first-order valence-corrected chi connectivity index (χ1v) is 5.39. The Bertz CT molecular complexity index is 247. The van der Waals surface area contributed by atoms with Crippen LogP contribution in [-0.4, -0.2) is 12.2 Å². The summed E-state index contributed by atoms with van der Waals surface area (Å²) in [6.45, 7) is 1.16. The van der Waals surface area contributed by atoms with E-state index in [1.807, 2.05) is 0 Å². The molecule has 2 unspecified atom stereocenters. The minimum Gasteiger partial charge on any atom is -0.327 e. The van der Waals surface area contributed by atoms with Crippen LogP contribution >= 0.6 is 0 Å². The fourth-order valence-electron chi connectivity index (χ4n) is 3.12. The van der Waals surface area contributed by atoms with Crippen LogP contribution in [-0.2, 0) is 0 Å². The summed E-state index contributed by atoms with van der Waals surface area (Å²) in [6, 6.07) is 0. The van der Waals surface area contributed by atoms with E-state index >= 15 is 0 Å². The molecular weight excluding hydrogens is 162 g/mol. The van der Waals surface area contributed by atoms with Crippen LogP contribution in [0, 0.1) is 5.92 Å². The summed E-state index contributed by atoms with van der Waals surface area (Å²) in [5, 5.41) is 3.65. The van der Waals surface area contributed by atoms with Gasteiger partial charge in [-0.15, -0.1) is 0 Å². The summed E-state index contributed by atoms with van der Waals surface area (Å²) < 4.78 is 0. The molecule has 2 heterocycles. The van der Waals surface area contributed by atoms with Gasteiger partial charge < -0.3 is 5.43 Å². The predicted molar refractivity (Wildman–Crippen MR) is 51.7 cm³/mol. The van der Waals surface area contributed by atoms with Crippen LogP contribution in [0.2, 0.25) is 0 Å². The molecule has 13 heavy (non-hydrogen) atoms. The van der Waals surface area contributed by atoms with Crippen LogP contribution in [0.1, 0.15) is 32.1 Å². The third-order valence-corrected chi connectivity index (χ3v) is 3.77. The smallest absolute Gasteiger partial charge is 0.112 e. The Hall–Kier alpha value is -0.540. The van der Waals surface area contributed by atoms with Crippen LogP contribution in [0.15, 0.2) is 11.8 Å². The van der Waals surface area contributed by atoms with Gasteiger partial charge in [-0.05, 0) is 50.1 Å². The lowest BCUT2D eigenvalue weighted by atomic mass is 9.72. The maximum Gasteiger partial charge on any atom is 0.112 e. The van der Waals surface area contributed by atoms with Gasteiger partial charge in [0, 0.05) is 6.20 Å². The molecule has 2 fully saturated rings. The van der Waals surface area contributed by atoms with Crippen molar-refractivity contribution in [2.45, 2.75) is 37.8 Å². The van der Waals surface area contributed by atoms with Gasteiger partial charge in [-0.2, -0.15) is 0 Å². The number of nitrogens with one attached hydrogen (secondary N) is 3. The summed E-state index contributed by atoms with van der Waals surface area (Å²) >= 11 is 0. The summed E-state index contributed by atoms with van der Waals surface area (Å²) in [4.78, 5) is 0. The predicted octanol–water partition coefficient (Wildman–Crippen LogP) is 0.858. The lowest BCUT2D eigenvalue weighted by Crippen LogP contribution is -2.65. The fraction of sp³-hybridized carbons (Fsp3) is 0.800. The van der Waals surface area contributed by atoms with E-state index < -0.39 is 0 Å². The molecule has 1 aliphatic carbocycles. The van der Waals surface area contributed by atoms with Crippen molar-refractivity contribution in [3.63, 3.8) is 0 Å². The largest absolute Gasteiger partial charge is 0.327 e. The molecule has 2 aliphatic heterocycles. The van der Waals surface area contributed by atoms with Crippen molar-refractivity contribution < 1.29 is 0 Å². The van der Waals surface area contributed by atoms with Crippen LogP contribution in [0.25, 0.3) is 0 Å². The molecule has 0 aromatic rings. The van der Waals surface area contributed by atoms with Gasteiger partial charge in [-0.3, -0.25) is 5.32 Å². The molecule has 1 spiro atoms. The molecule has 0 aromatic carbocycles. The standard InChI is InChI=1S/C10H17N3/c1-3-8-5-2-6-11-10(8)9(4-1)7-12-13-10/h7-8,11-13H,1-6H2. The summed E-state index contributed by atoms with van der Waals surface area (Å²) in [6.07, 6.45) is 8.86. The van der Waals surface area contributed by atoms with Crippen molar-refractivity contribution >= 4 is 0 Å². The SMILES string of the molecule is C1=C2CCCC3CCCNC23NN1. The van der Waals surface area contributed by atoms with E-state index in [1.54, 1.807) is 5.57 Å². The van der Waals surface area contributed by atoms with E-state index in [9.17, 15) is 0 Å². The van der Waals surface area contributed by atoms with Gasteiger partial charge in [-0.25, -0.2) is 5.43 Å². The quantitative estimate of drug-likeness (QED) is 0.516. The lowest BCUT2D eigenvalue weighted by molar-refractivity contribution is 0.123. The second-order valence-corrected chi connectivity index (χ2v) is 4.41. The molecule has 0 aromatic heterocycles. The number of piperidine rings is 1. The minimum atomic E-state index is 0.135. The van der Waals surface area contributed by atoms with Crippen LogP contribution < -0.4 is 16.2 Å². The van der Waals surface area contributed by atoms with Crippen molar-refractivity contribution in [1.29, 1.82) is 0 Å². The van der Waals surface area contributed by atoms with E-state index in [4.69, 9.17) is 0 Å². The maximum absolute atomic E-state index is 3.65. The Labute approximate surface area is 78.9 Å². The van der Waals surface area contributed by atoms with E-state index in [0.29, 0.717) is 0 Å². The molecule has 1 saturated heterocycles. The fourth-order valence-corrected chi connectivity index (χ4v) is 3.12. The van der Waals surface area contributed by atoms with Gasteiger partial charge in [0.15, 0.2) is 0 Å². The van der Waals surface area contributed by atoms with Gasteiger partial charge >= 0.3 is 0 Å². The summed E-state index contributed by atoms with van der Waals surface area (Å²) in [5.41, 5.74) is 8.28.